The first-order valence-corrected chi connectivity index (χ1v) is 14.8. The number of Topliss-reactive ketones (excluding diaryl/α,β-unsaturated/α-hetero) is 1. The van der Waals surface area contributed by atoms with E-state index in [-0.39, 0.29) is 11.7 Å². The molecule has 6 nitrogen and oxygen atoms in total. The number of hydrogen-bond acceptors (Lipinski definition) is 7. The van der Waals surface area contributed by atoms with E-state index in [0.29, 0.717) is 63.0 Å². The van der Waals surface area contributed by atoms with Crippen LogP contribution in [0, 0.1) is 0 Å². The quantitative estimate of drug-likeness (QED) is 0.245. The van der Waals surface area contributed by atoms with Crippen molar-refractivity contribution in [1.82, 2.24) is 5.32 Å². The van der Waals surface area contributed by atoms with Crippen LogP contribution in [0.25, 0.3) is 0 Å². The average Bonchev–Trinajstić information content (AvgIpc) is 2.90. The molecule has 38 heavy (non-hydrogen) atoms. The first-order chi connectivity index (χ1) is 18.3. The minimum Gasteiger partial charge on any atom is -0.493 e. The Kier molecular flexibility index (Phi) is 9.50. The molecular formula is C29H31BrClNO5S. The molecular weight excluding hydrogens is 590 g/mol. The molecule has 0 unspecified atom stereocenters. The highest BCUT2D eigenvalue weighted by atomic mass is 79.9. The van der Waals surface area contributed by atoms with Crippen molar-refractivity contribution in [2.24, 2.45) is 0 Å². The third kappa shape index (κ3) is 5.92. The van der Waals surface area contributed by atoms with E-state index < -0.39 is 11.9 Å². The van der Waals surface area contributed by atoms with E-state index in [4.69, 9.17) is 25.8 Å². The standard InChI is InChI=1S/C29H31BrClNO5S/c1-5-38-11-10-37-29(34)26-16(2)32-22-12-18(17-6-8-19(31)9-7-17)13-23(33)28(22)27(26)20-14-24(35-3)25(36-4)15-21(20)30/h6-9,14-15,18,27,32H,5,10-13H2,1-4H3/t18-,27+/m1/s1. The van der Waals surface area contributed by atoms with Gasteiger partial charge in [0.15, 0.2) is 17.3 Å². The van der Waals surface area contributed by atoms with E-state index in [1.165, 1.54) is 0 Å². The molecule has 202 valence electrons. The third-order valence-corrected chi connectivity index (χ3v) is 8.67. The van der Waals surface area contributed by atoms with Crippen molar-refractivity contribution in [2.45, 2.75) is 38.5 Å². The molecule has 0 saturated carbocycles. The summed E-state index contributed by atoms with van der Waals surface area (Å²) >= 11 is 11.5. The van der Waals surface area contributed by atoms with Gasteiger partial charge in [0.1, 0.15) is 6.61 Å². The van der Waals surface area contributed by atoms with Crippen LogP contribution in [-0.4, -0.2) is 44.1 Å². The maximum Gasteiger partial charge on any atom is 0.336 e. The predicted molar refractivity (Wildman–Crippen MR) is 155 cm³/mol. The maximum atomic E-state index is 13.9. The van der Waals surface area contributed by atoms with Gasteiger partial charge in [0, 0.05) is 44.6 Å². The number of benzene rings is 2. The summed E-state index contributed by atoms with van der Waals surface area (Å²) in [5.41, 5.74) is 4.31. The number of allylic oxidation sites excluding steroid dienone is 3. The van der Waals surface area contributed by atoms with E-state index in [1.54, 1.807) is 32.0 Å². The first-order valence-electron chi connectivity index (χ1n) is 12.4. The van der Waals surface area contributed by atoms with Gasteiger partial charge in [-0.3, -0.25) is 4.79 Å². The van der Waals surface area contributed by atoms with Gasteiger partial charge >= 0.3 is 5.97 Å². The molecule has 0 bridgehead atoms. The number of halogens is 2. The molecule has 0 aromatic heterocycles. The van der Waals surface area contributed by atoms with Gasteiger partial charge in [-0.2, -0.15) is 11.8 Å². The summed E-state index contributed by atoms with van der Waals surface area (Å²) in [7, 11) is 3.13. The minimum atomic E-state index is -0.620. The Balaban J connectivity index is 1.80. The zero-order valence-electron chi connectivity index (χ0n) is 21.9. The van der Waals surface area contributed by atoms with Crippen LogP contribution in [0.4, 0.5) is 0 Å². The Morgan fingerprint density at radius 2 is 1.82 bits per heavy atom. The predicted octanol–water partition coefficient (Wildman–Crippen LogP) is 6.78. The van der Waals surface area contributed by atoms with Gasteiger partial charge in [0.25, 0.3) is 0 Å². The highest BCUT2D eigenvalue weighted by Gasteiger charge is 2.42. The van der Waals surface area contributed by atoms with Crippen molar-refractivity contribution in [3.05, 3.63) is 79.6 Å². The van der Waals surface area contributed by atoms with Crippen LogP contribution in [0.15, 0.2) is 63.4 Å². The number of rotatable bonds is 9. The molecule has 2 aromatic carbocycles. The molecule has 0 radical (unpaired) electrons. The number of dihydropyridines is 1. The lowest BCUT2D eigenvalue weighted by atomic mass is 9.71. The second-order valence-corrected chi connectivity index (χ2v) is 11.8. The summed E-state index contributed by atoms with van der Waals surface area (Å²) < 4.78 is 17.4. The number of hydrogen-bond donors (Lipinski definition) is 1. The van der Waals surface area contributed by atoms with Gasteiger partial charge in [0.05, 0.1) is 19.8 Å². The smallest absolute Gasteiger partial charge is 0.336 e. The van der Waals surface area contributed by atoms with Crippen LogP contribution < -0.4 is 14.8 Å². The largest absolute Gasteiger partial charge is 0.493 e. The number of esters is 1. The fourth-order valence-corrected chi connectivity index (χ4v) is 6.26. The molecule has 2 atom stereocenters. The fourth-order valence-electron chi connectivity index (χ4n) is 5.10. The summed E-state index contributed by atoms with van der Waals surface area (Å²) in [6.07, 6.45) is 0.967. The van der Waals surface area contributed by atoms with E-state index in [9.17, 15) is 9.59 Å². The molecule has 0 spiro atoms. The lowest BCUT2D eigenvalue weighted by Gasteiger charge is -2.37. The number of carbonyl (C=O) groups excluding carboxylic acids is 2. The number of carbonyl (C=O) groups is 2. The normalized spacial score (nSPS) is 19.2. The lowest BCUT2D eigenvalue weighted by molar-refractivity contribution is -0.138. The summed E-state index contributed by atoms with van der Waals surface area (Å²) in [6, 6.07) is 11.3. The summed E-state index contributed by atoms with van der Waals surface area (Å²) in [6.45, 7) is 4.22. The number of ketones is 1. The highest BCUT2D eigenvalue weighted by molar-refractivity contribution is 9.10. The molecule has 1 aliphatic heterocycles. The zero-order chi connectivity index (χ0) is 27.4. The zero-order valence-corrected chi connectivity index (χ0v) is 25.0. The van der Waals surface area contributed by atoms with E-state index >= 15 is 0 Å². The Bertz CT molecular complexity index is 1290. The van der Waals surface area contributed by atoms with Crippen LogP contribution >= 0.6 is 39.3 Å². The third-order valence-electron chi connectivity index (χ3n) is 6.87. The molecule has 2 aromatic rings. The maximum absolute atomic E-state index is 13.9. The molecule has 9 heteroatoms. The second kappa shape index (κ2) is 12.6. The van der Waals surface area contributed by atoms with E-state index in [2.05, 4.69) is 28.2 Å². The van der Waals surface area contributed by atoms with Gasteiger partial charge in [0.2, 0.25) is 0 Å². The molecule has 1 heterocycles. The summed E-state index contributed by atoms with van der Waals surface area (Å²) in [5.74, 6) is 1.66. The molecule has 0 fully saturated rings. The van der Waals surface area contributed by atoms with Crippen LogP contribution in [0.3, 0.4) is 0 Å². The van der Waals surface area contributed by atoms with Crippen molar-refractivity contribution in [3.8, 4) is 11.5 Å². The van der Waals surface area contributed by atoms with Gasteiger partial charge in [-0.05, 0) is 60.4 Å². The Morgan fingerprint density at radius 3 is 2.47 bits per heavy atom. The van der Waals surface area contributed by atoms with Crippen molar-refractivity contribution in [2.75, 3.05) is 32.3 Å². The Labute approximate surface area is 241 Å². The number of ether oxygens (including phenoxy) is 3. The Morgan fingerprint density at radius 1 is 1.13 bits per heavy atom. The number of nitrogens with one attached hydrogen (secondary N) is 1. The van der Waals surface area contributed by atoms with Crippen molar-refractivity contribution >= 4 is 51.0 Å². The molecule has 0 saturated heterocycles. The molecule has 1 N–H and O–H groups in total. The topological polar surface area (TPSA) is 73.9 Å². The molecule has 4 rings (SSSR count). The molecule has 2 aliphatic rings. The van der Waals surface area contributed by atoms with Crippen LogP contribution in [0.5, 0.6) is 11.5 Å². The number of thioether (sulfide) groups is 1. The summed E-state index contributed by atoms with van der Waals surface area (Å²) in [4.78, 5) is 27.3. The van der Waals surface area contributed by atoms with Crippen molar-refractivity contribution in [1.29, 1.82) is 0 Å². The van der Waals surface area contributed by atoms with Crippen LogP contribution in [-0.2, 0) is 14.3 Å². The molecule has 1 aliphatic carbocycles. The average molecular weight is 621 g/mol. The fraction of sp³-hybridized carbons (Fsp3) is 0.379. The van der Waals surface area contributed by atoms with Gasteiger partial charge in [-0.25, -0.2) is 4.79 Å². The highest BCUT2D eigenvalue weighted by Crippen LogP contribution is 2.49. The number of methoxy groups -OCH3 is 2. The second-order valence-electron chi connectivity index (χ2n) is 9.13. The van der Waals surface area contributed by atoms with Crippen LogP contribution in [0.1, 0.15) is 49.7 Å². The van der Waals surface area contributed by atoms with E-state index in [0.717, 1.165) is 22.6 Å². The van der Waals surface area contributed by atoms with Gasteiger partial charge < -0.3 is 19.5 Å². The van der Waals surface area contributed by atoms with E-state index in [1.807, 2.05) is 37.3 Å². The first kappa shape index (κ1) is 28.6. The van der Waals surface area contributed by atoms with Crippen molar-refractivity contribution in [3.63, 3.8) is 0 Å². The minimum absolute atomic E-state index is 0.00730. The van der Waals surface area contributed by atoms with Crippen molar-refractivity contribution < 1.29 is 23.8 Å². The van der Waals surface area contributed by atoms with Gasteiger partial charge in [-0.1, -0.05) is 46.6 Å². The monoisotopic (exact) mass is 619 g/mol. The lowest BCUT2D eigenvalue weighted by Crippen LogP contribution is -2.36. The Hall–Kier alpha value is -2.42. The van der Waals surface area contributed by atoms with Gasteiger partial charge in [-0.15, -0.1) is 0 Å². The van der Waals surface area contributed by atoms with Crippen LogP contribution in [0.2, 0.25) is 5.02 Å². The molecule has 0 amide bonds. The summed E-state index contributed by atoms with van der Waals surface area (Å²) in [5, 5.41) is 4.05. The SMILES string of the molecule is CCSCCOC(=O)C1=C(C)NC2=C(C(=O)C[C@H](c3ccc(Cl)cc3)C2)[C@H]1c1cc(OC)c(OC)cc1Br.